The Hall–Kier alpha value is -2.29. The van der Waals surface area contributed by atoms with E-state index in [0.717, 1.165) is 54.3 Å². The fourth-order valence-corrected chi connectivity index (χ4v) is 5.44. The van der Waals surface area contributed by atoms with Crippen molar-refractivity contribution >= 4 is 22.7 Å². The van der Waals surface area contributed by atoms with E-state index in [2.05, 4.69) is 19.9 Å². The number of piperidine rings is 1. The van der Waals surface area contributed by atoms with E-state index in [9.17, 15) is 5.11 Å². The number of hydrogen-bond donors (Lipinski definition) is 1. The molecule has 1 N–H and O–H groups in total. The third-order valence-electron chi connectivity index (χ3n) is 6.50. The molecule has 0 spiro atoms. The number of rotatable bonds is 10. The summed E-state index contributed by atoms with van der Waals surface area (Å²) in [5.74, 6) is 2.13. The van der Waals surface area contributed by atoms with E-state index in [1.807, 2.05) is 24.3 Å². The number of aromatic nitrogens is 3. The van der Waals surface area contributed by atoms with Gasteiger partial charge in [-0.05, 0) is 73.5 Å². The number of ether oxygens (including phenoxy) is 1. The lowest BCUT2D eigenvalue weighted by molar-refractivity contribution is 0.0672. The molecule has 0 amide bonds. The van der Waals surface area contributed by atoms with Gasteiger partial charge < -0.3 is 14.7 Å². The third kappa shape index (κ3) is 6.19. The minimum atomic E-state index is -1.07. The van der Waals surface area contributed by atoms with Crippen LogP contribution >= 0.6 is 11.8 Å². The van der Waals surface area contributed by atoms with Gasteiger partial charge in [-0.3, -0.25) is 4.98 Å². The van der Waals surface area contributed by atoms with Crippen LogP contribution in [0.4, 0.5) is 4.39 Å². The van der Waals surface area contributed by atoms with Crippen molar-refractivity contribution in [1.29, 1.82) is 0 Å². The van der Waals surface area contributed by atoms with Gasteiger partial charge in [0.15, 0.2) is 5.16 Å². The highest BCUT2D eigenvalue weighted by molar-refractivity contribution is 7.99. The molecule has 1 aliphatic rings. The molecule has 33 heavy (non-hydrogen) atoms. The number of pyridine rings is 1. The number of methoxy groups -OCH3 is 1. The molecular weight excluding hydrogens is 439 g/mol. The standard InChI is InChI=1S/C25H31FN4O2S/c1-32-20-4-6-24-22(15-20)21(7-11-27-24)23(26)5-3-18-8-12-30(16-19(18)17-31)13-14-33-25-28-9-2-10-29-25/h2,4,6-7,9-11,15,18-19,23,31H,3,5,8,12-14,16-17H2,1H3/t18-,19-,23+/m1/s1. The number of nitrogens with zero attached hydrogens (tertiary/aromatic N) is 4. The van der Waals surface area contributed by atoms with E-state index in [0.29, 0.717) is 23.7 Å². The molecule has 2 aromatic heterocycles. The van der Waals surface area contributed by atoms with Crippen LogP contribution < -0.4 is 4.74 Å². The molecule has 176 valence electrons. The lowest BCUT2D eigenvalue weighted by Crippen LogP contribution is -2.43. The molecule has 3 heterocycles. The Bertz CT molecular complexity index is 1030. The third-order valence-corrected chi connectivity index (χ3v) is 7.36. The minimum Gasteiger partial charge on any atom is -0.497 e. The molecule has 0 radical (unpaired) electrons. The number of likely N-dealkylation sites (tertiary alicyclic amines) is 1. The number of halogens is 1. The first-order valence-corrected chi connectivity index (χ1v) is 12.5. The maximum atomic E-state index is 15.3. The second-order valence-electron chi connectivity index (χ2n) is 8.50. The summed E-state index contributed by atoms with van der Waals surface area (Å²) in [6, 6.07) is 9.16. The lowest BCUT2D eigenvalue weighted by atomic mass is 9.81. The van der Waals surface area contributed by atoms with Gasteiger partial charge in [-0.2, -0.15) is 0 Å². The van der Waals surface area contributed by atoms with Crippen LogP contribution in [0.5, 0.6) is 5.75 Å². The predicted molar refractivity (Wildman–Crippen MR) is 129 cm³/mol. The van der Waals surface area contributed by atoms with Crippen molar-refractivity contribution in [2.75, 3.05) is 39.1 Å². The zero-order valence-corrected chi connectivity index (χ0v) is 19.8. The van der Waals surface area contributed by atoms with E-state index >= 15 is 4.39 Å². The van der Waals surface area contributed by atoms with Gasteiger partial charge in [-0.15, -0.1) is 0 Å². The van der Waals surface area contributed by atoms with Crippen LogP contribution in [-0.2, 0) is 0 Å². The second-order valence-corrected chi connectivity index (χ2v) is 9.56. The molecule has 1 aromatic carbocycles. The van der Waals surface area contributed by atoms with Crippen molar-refractivity contribution in [3.63, 3.8) is 0 Å². The van der Waals surface area contributed by atoms with Crippen LogP contribution in [0.25, 0.3) is 10.9 Å². The van der Waals surface area contributed by atoms with E-state index in [-0.39, 0.29) is 12.5 Å². The van der Waals surface area contributed by atoms with Gasteiger partial charge in [0.1, 0.15) is 11.9 Å². The Morgan fingerprint density at radius 1 is 1.18 bits per heavy atom. The maximum absolute atomic E-state index is 15.3. The van der Waals surface area contributed by atoms with Crippen molar-refractivity contribution < 1.29 is 14.2 Å². The van der Waals surface area contributed by atoms with Gasteiger partial charge in [0.05, 0.1) is 12.6 Å². The van der Waals surface area contributed by atoms with Gasteiger partial charge in [0.25, 0.3) is 0 Å². The zero-order chi connectivity index (χ0) is 23.0. The molecule has 0 unspecified atom stereocenters. The van der Waals surface area contributed by atoms with Crippen LogP contribution in [0.15, 0.2) is 54.1 Å². The number of benzene rings is 1. The molecule has 0 bridgehead atoms. The van der Waals surface area contributed by atoms with Gasteiger partial charge >= 0.3 is 0 Å². The first kappa shape index (κ1) is 23.9. The molecule has 3 atom stereocenters. The number of thioether (sulfide) groups is 1. The van der Waals surface area contributed by atoms with Gasteiger partial charge in [-0.1, -0.05) is 11.8 Å². The normalized spacial score (nSPS) is 20.1. The van der Waals surface area contributed by atoms with E-state index in [1.165, 1.54) is 0 Å². The van der Waals surface area contributed by atoms with Crippen LogP contribution in [0.1, 0.15) is 31.0 Å². The lowest BCUT2D eigenvalue weighted by Gasteiger charge is -2.38. The van der Waals surface area contributed by atoms with Crippen LogP contribution in [0.3, 0.4) is 0 Å². The molecule has 4 rings (SSSR count). The van der Waals surface area contributed by atoms with Gasteiger partial charge in [-0.25, -0.2) is 14.4 Å². The highest BCUT2D eigenvalue weighted by Gasteiger charge is 2.29. The monoisotopic (exact) mass is 470 g/mol. The minimum absolute atomic E-state index is 0.141. The fraction of sp³-hybridized carbons (Fsp3) is 0.480. The number of aliphatic hydroxyl groups is 1. The van der Waals surface area contributed by atoms with Crippen molar-refractivity contribution in [2.24, 2.45) is 11.8 Å². The quantitative estimate of drug-likeness (QED) is 0.344. The van der Waals surface area contributed by atoms with Crippen LogP contribution in [0, 0.1) is 11.8 Å². The molecular formula is C25H31FN4O2S. The highest BCUT2D eigenvalue weighted by atomic mass is 32.2. The molecule has 3 aromatic rings. The summed E-state index contributed by atoms with van der Waals surface area (Å²) >= 11 is 1.65. The Labute approximate surface area is 198 Å². The summed E-state index contributed by atoms with van der Waals surface area (Å²) in [5.41, 5.74) is 1.44. The van der Waals surface area contributed by atoms with E-state index < -0.39 is 6.17 Å². The molecule has 1 aliphatic heterocycles. The molecule has 0 aliphatic carbocycles. The molecule has 1 saturated heterocycles. The Morgan fingerprint density at radius 3 is 2.82 bits per heavy atom. The van der Waals surface area contributed by atoms with Crippen molar-refractivity contribution in [3.05, 3.63) is 54.5 Å². The molecule has 6 nitrogen and oxygen atoms in total. The highest BCUT2D eigenvalue weighted by Crippen LogP contribution is 2.35. The van der Waals surface area contributed by atoms with Crippen molar-refractivity contribution in [2.45, 2.75) is 30.6 Å². The summed E-state index contributed by atoms with van der Waals surface area (Å²) in [6.45, 7) is 2.90. The van der Waals surface area contributed by atoms with Gasteiger partial charge in [0.2, 0.25) is 0 Å². The zero-order valence-electron chi connectivity index (χ0n) is 18.9. The second kappa shape index (κ2) is 11.7. The average molecular weight is 471 g/mol. The maximum Gasteiger partial charge on any atom is 0.187 e. The Kier molecular flexibility index (Phi) is 8.47. The predicted octanol–water partition coefficient (Wildman–Crippen LogP) is 4.55. The largest absolute Gasteiger partial charge is 0.497 e. The first-order valence-electron chi connectivity index (χ1n) is 11.5. The summed E-state index contributed by atoms with van der Waals surface area (Å²) in [4.78, 5) is 15.2. The summed E-state index contributed by atoms with van der Waals surface area (Å²) < 4.78 is 20.6. The fourth-order valence-electron chi connectivity index (χ4n) is 4.63. The molecule has 8 heteroatoms. The van der Waals surface area contributed by atoms with Crippen molar-refractivity contribution in [3.8, 4) is 5.75 Å². The average Bonchev–Trinajstić information content (AvgIpc) is 2.87. The molecule has 0 saturated carbocycles. The smallest absolute Gasteiger partial charge is 0.187 e. The summed E-state index contributed by atoms with van der Waals surface area (Å²) in [5, 5.41) is 11.6. The summed E-state index contributed by atoms with van der Waals surface area (Å²) in [7, 11) is 1.61. The molecule has 1 fully saturated rings. The van der Waals surface area contributed by atoms with E-state index in [4.69, 9.17) is 4.74 Å². The van der Waals surface area contributed by atoms with Crippen LogP contribution in [0.2, 0.25) is 0 Å². The van der Waals surface area contributed by atoms with E-state index in [1.54, 1.807) is 43.5 Å². The van der Waals surface area contributed by atoms with Gasteiger partial charge in [0, 0.05) is 49.4 Å². The summed E-state index contributed by atoms with van der Waals surface area (Å²) in [6.07, 6.45) is 6.30. The SMILES string of the molecule is COc1ccc2nccc([C@@H](F)CC[C@@H]3CCN(CCSc4ncccn4)C[C@@H]3CO)c2c1. The Morgan fingerprint density at radius 2 is 2.03 bits per heavy atom. The number of fused-ring (bicyclic) bond motifs is 1. The Balaban J connectivity index is 1.30. The first-order chi connectivity index (χ1) is 16.2. The topological polar surface area (TPSA) is 71.4 Å². The number of hydrogen-bond acceptors (Lipinski definition) is 7. The number of alkyl halides is 1. The number of aliphatic hydroxyl groups excluding tert-OH is 1. The van der Waals surface area contributed by atoms with Crippen molar-refractivity contribution in [1.82, 2.24) is 19.9 Å². The van der Waals surface area contributed by atoms with Crippen LogP contribution in [-0.4, -0.2) is 64.1 Å².